The number of carbonyl (C=O) groups is 1. The molecule has 1 atom stereocenters. The van der Waals surface area contributed by atoms with Crippen LogP contribution in [0.15, 0.2) is 35.6 Å². The first kappa shape index (κ1) is 23.2. The molecule has 1 saturated carbocycles. The van der Waals surface area contributed by atoms with E-state index in [2.05, 4.69) is 52.7 Å². The molecule has 2 fully saturated rings. The molecule has 1 aliphatic carbocycles. The second-order valence-corrected chi connectivity index (χ2v) is 10.8. The third-order valence-electron chi connectivity index (χ3n) is 8.56. The first-order valence-electron chi connectivity index (χ1n) is 13.4. The minimum atomic E-state index is -0.383. The van der Waals surface area contributed by atoms with Gasteiger partial charge in [0.05, 0.1) is 34.3 Å². The highest BCUT2D eigenvalue weighted by molar-refractivity contribution is 6.06. The standard InChI is InChI=1S/C29H36N6O/c1-33-14-6-9-21(33)17-34(2)26-16-23(28-22(12-13-31-28)27(26)29(30)36)19-10-11-25-24(15-19)32-18-35(25)20-7-4-3-5-8-20/h10-11,13,15-16,18,20-21H,3-9,12,14,17H2,1-2H3,(H2,30,36). The van der Waals surface area contributed by atoms with Crippen molar-refractivity contribution in [2.75, 3.05) is 32.1 Å². The average Bonchev–Trinajstić information content (AvgIpc) is 3.63. The van der Waals surface area contributed by atoms with Crippen LogP contribution >= 0.6 is 0 Å². The summed E-state index contributed by atoms with van der Waals surface area (Å²) in [5.74, 6) is -0.383. The van der Waals surface area contributed by atoms with Gasteiger partial charge < -0.3 is 20.1 Å². The van der Waals surface area contributed by atoms with Gasteiger partial charge in [-0.1, -0.05) is 25.3 Å². The zero-order valence-corrected chi connectivity index (χ0v) is 21.4. The molecule has 3 aromatic rings. The van der Waals surface area contributed by atoms with Crippen LogP contribution in [0.5, 0.6) is 0 Å². The third kappa shape index (κ3) is 3.99. The maximum atomic E-state index is 12.7. The molecule has 6 rings (SSSR count). The summed E-state index contributed by atoms with van der Waals surface area (Å²) in [6, 6.07) is 9.71. The highest BCUT2D eigenvalue weighted by Crippen LogP contribution is 2.43. The number of nitrogens with zero attached hydrogens (tertiary/aromatic N) is 5. The van der Waals surface area contributed by atoms with Gasteiger partial charge in [-0.05, 0) is 68.6 Å². The summed E-state index contributed by atoms with van der Waals surface area (Å²) in [6.45, 7) is 1.98. The SMILES string of the molecule is CN(CC1CCCN1C)c1cc(-c2ccc3c(c2)ncn3C2CCCCC2)c2c(c1C(N)=O)CC=N2. The fraction of sp³-hybridized carbons (Fsp3) is 0.483. The van der Waals surface area contributed by atoms with E-state index in [9.17, 15) is 4.79 Å². The first-order chi connectivity index (χ1) is 17.5. The number of fused-ring (bicyclic) bond motifs is 2. The number of aliphatic imine (C=N–C) groups is 1. The molecule has 36 heavy (non-hydrogen) atoms. The molecule has 188 valence electrons. The molecular formula is C29H36N6O. The normalized spacial score (nSPS) is 20.3. The summed E-state index contributed by atoms with van der Waals surface area (Å²) < 4.78 is 2.37. The minimum Gasteiger partial charge on any atom is -0.372 e. The quantitative estimate of drug-likeness (QED) is 0.528. The third-order valence-corrected chi connectivity index (χ3v) is 8.56. The average molecular weight is 485 g/mol. The number of likely N-dealkylation sites (tertiary alicyclic amines) is 1. The van der Waals surface area contributed by atoms with Gasteiger partial charge in [-0.2, -0.15) is 0 Å². The van der Waals surface area contributed by atoms with Crippen LogP contribution in [-0.4, -0.2) is 59.8 Å². The van der Waals surface area contributed by atoms with E-state index >= 15 is 0 Å². The molecule has 7 heteroatoms. The lowest BCUT2D eigenvalue weighted by Crippen LogP contribution is -2.37. The maximum absolute atomic E-state index is 12.7. The van der Waals surface area contributed by atoms with E-state index in [-0.39, 0.29) is 5.91 Å². The summed E-state index contributed by atoms with van der Waals surface area (Å²) >= 11 is 0. The van der Waals surface area contributed by atoms with Crippen molar-refractivity contribution < 1.29 is 4.79 Å². The van der Waals surface area contributed by atoms with Crippen LogP contribution in [-0.2, 0) is 6.42 Å². The van der Waals surface area contributed by atoms with Crippen molar-refractivity contribution in [2.45, 2.75) is 63.5 Å². The smallest absolute Gasteiger partial charge is 0.251 e. The Morgan fingerprint density at radius 1 is 1.14 bits per heavy atom. The molecule has 1 amide bonds. The summed E-state index contributed by atoms with van der Waals surface area (Å²) in [4.78, 5) is 26.8. The van der Waals surface area contributed by atoms with Crippen molar-refractivity contribution in [3.8, 4) is 11.1 Å². The summed E-state index contributed by atoms with van der Waals surface area (Å²) in [7, 11) is 4.26. The number of nitrogens with two attached hydrogens (primary N) is 1. The van der Waals surface area contributed by atoms with Crippen LogP contribution in [0.1, 0.15) is 66.9 Å². The van der Waals surface area contributed by atoms with Crippen LogP contribution in [0.3, 0.4) is 0 Å². The van der Waals surface area contributed by atoms with Crippen LogP contribution in [0.25, 0.3) is 22.2 Å². The fourth-order valence-electron chi connectivity index (χ4n) is 6.56. The molecule has 2 aromatic carbocycles. The number of imidazole rings is 1. The molecule has 3 aliphatic rings. The second-order valence-electron chi connectivity index (χ2n) is 10.8. The van der Waals surface area contributed by atoms with Gasteiger partial charge in [-0.25, -0.2) is 4.98 Å². The number of primary amides is 1. The second kappa shape index (κ2) is 9.36. The number of hydrogen-bond donors (Lipinski definition) is 1. The number of rotatable bonds is 6. The van der Waals surface area contributed by atoms with Gasteiger partial charge in [0.15, 0.2) is 0 Å². The minimum absolute atomic E-state index is 0.383. The summed E-state index contributed by atoms with van der Waals surface area (Å²) in [5.41, 5.74) is 13.6. The highest BCUT2D eigenvalue weighted by Gasteiger charge is 2.28. The van der Waals surface area contributed by atoms with Gasteiger partial charge in [0.2, 0.25) is 0 Å². The molecule has 0 spiro atoms. The van der Waals surface area contributed by atoms with Gasteiger partial charge in [0, 0.05) is 43.9 Å². The number of benzene rings is 2. The van der Waals surface area contributed by atoms with Crippen molar-refractivity contribution >= 4 is 34.5 Å². The molecule has 2 N–H and O–H groups in total. The molecule has 7 nitrogen and oxygen atoms in total. The van der Waals surface area contributed by atoms with Gasteiger partial charge in [0.25, 0.3) is 5.91 Å². The van der Waals surface area contributed by atoms with Crippen LogP contribution in [0, 0.1) is 0 Å². The lowest BCUT2D eigenvalue weighted by molar-refractivity contribution is 0.1000. The summed E-state index contributed by atoms with van der Waals surface area (Å²) in [5, 5.41) is 0. The molecule has 3 heterocycles. The van der Waals surface area contributed by atoms with E-state index in [0.29, 0.717) is 24.1 Å². The molecule has 1 aromatic heterocycles. The lowest BCUT2D eigenvalue weighted by Gasteiger charge is -2.29. The van der Waals surface area contributed by atoms with Crippen molar-refractivity contribution in [3.63, 3.8) is 0 Å². The van der Waals surface area contributed by atoms with Crippen molar-refractivity contribution in [1.29, 1.82) is 0 Å². The maximum Gasteiger partial charge on any atom is 0.251 e. The Bertz CT molecular complexity index is 1340. The number of carbonyl (C=O) groups excluding carboxylic acids is 1. The van der Waals surface area contributed by atoms with Crippen LogP contribution < -0.4 is 10.6 Å². The number of aromatic nitrogens is 2. The monoisotopic (exact) mass is 484 g/mol. The van der Waals surface area contributed by atoms with Gasteiger partial charge in [-0.15, -0.1) is 0 Å². The van der Waals surface area contributed by atoms with E-state index in [4.69, 9.17) is 15.7 Å². The highest BCUT2D eigenvalue weighted by atomic mass is 16.1. The first-order valence-corrected chi connectivity index (χ1v) is 13.4. The molecule has 1 saturated heterocycles. The van der Waals surface area contributed by atoms with Gasteiger partial charge >= 0.3 is 0 Å². The number of amides is 1. The summed E-state index contributed by atoms with van der Waals surface area (Å²) in [6.07, 6.45) is 13.3. The van der Waals surface area contributed by atoms with Crippen molar-refractivity contribution in [2.24, 2.45) is 10.7 Å². The Labute approximate surface area is 213 Å². The van der Waals surface area contributed by atoms with E-state index in [1.54, 1.807) is 0 Å². The van der Waals surface area contributed by atoms with Crippen LogP contribution in [0.4, 0.5) is 11.4 Å². The van der Waals surface area contributed by atoms with Crippen molar-refractivity contribution in [1.82, 2.24) is 14.5 Å². The number of anilines is 1. The molecule has 0 bridgehead atoms. The number of likely N-dealkylation sites (N-methyl/N-ethyl adjacent to an activating group) is 2. The topological polar surface area (TPSA) is 79.8 Å². The predicted molar refractivity (Wildman–Crippen MR) is 147 cm³/mol. The Hall–Kier alpha value is -3.19. The van der Waals surface area contributed by atoms with Crippen molar-refractivity contribution in [3.05, 3.63) is 41.7 Å². The molecule has 1 unspecified atom stereocenters. The Morgan fingerprint density at radius 3 is 2.72 bits per heavy atom. The van der Waals surface area contributed by atoms with E-state index in [0.717, 1.165) is 46.7 Å². The Kier molecular flexibility index (Phi) is 6.04. The molecule has 2 aliphatic heterocycles. The largest absolute Gasteiger partial charge is 0.372 e. The Balaban J connectivity index is 1.42. The number of hydrogen-bond acceptors (Lipinski definition) is 5. The van der Waals surface area contributed by atoms with E-state index < -0.39 is 0 Å². The van der Waals surface area contributed by atoms with Gasteiger partial charge in [-0.3, -0.25) is 9.79 Å². The van der Waals surface area contributed by atoms with E-state index in [1.807, 2.05) is 12.5 Å². The zero-order valence-electron chi connectivity index (χ0n) is 21.4. The Morgan fingerprint density at radius 2 is 1.97 bits per heavy atom. The predicted octanol–water partition coefficient (Wildman–Crippen LogP) is 5.10. The van der Waals surface area contributed by atoms with Crippen LogP contribution in [0.2, 0.25) is 0 Å². The van der Waals surface area contributed by atoms with E-state index in [1.165, 1.54) is 50.5 Å². The van der Waals surface area contributed by atoms with Gasteiger partial charge in [0.1, 0.15) is 0 Å². The zero-order chi connectivity index (χ0) is 24.8. The molecule has 0 radical (unpaired) electrons. The molecular weight excluding hydrogens is 448 g/mol. The lowest BCUT2D eigenvalue weighted by atomic mass is 9.93. The fourth-order valence-corrected chi connectivity index (χ4v) is 6.56.